The highest BCUT2D eigenvalue weighted by Gasteiger charge is 2.53. The number of nitrogens with zero attached hydrogens (tertiary/aromatic N) is 2. The molecule has 4 amide bonds. The van der Waals surface area contributed by atoms with E-state index in [-0.39, 0.29) is 24.2 Å². The smallest absolute Gasteiger partial charge is 0.289 e. The molecule has 0 radical (unpaired) electrons. The van der Waals surface area contributed by atoms with Gasteiger partial charge in [0.25, 0.3) is 5.91 Å². The maximum atomic E-state index is 14.4. The molecule has 1 aromatic rings. The van der Waals surface area contributed by atoms with Crippen molar-refractivity contribution in [2.24, 2.45) is 11.8 Å². The number of likely N-dealkylation sites (tertiary alicyclic amines) is 1. The lowest BCUT2D eigenvalue weighted by Crippen LogP contribution is -2.49. The van der Waals surface area contributed by atoms with Crippen LogP contribution in [-0.2, 0) is 24.0 Å². The minimum atomic E-state index is -1.39. The van der Waals surface area contributed by atoms with Crippen LogP contribution in [0.4, 0.5) is 4.39 Å². The highest BCUT2D eigenvalue weighted by molar-refractivity contribution is 7.18. The number of Topliss-reactive ketones (excluding diaryl/α,β-unsaturated/α-hetero) is 1. The molecule has 0 spiro atoms. The summed E-state index contributed by atoms with van der Waals surface area (Å²) in [4.78, 5) is 65.2. The Morgan fingerprint density at radius 3 is 2.42 bits per heavy atom. The zero-order valence-electron chi connectivity index (χ0n) is 20.6. The Morgan fingerprint density at radius 1 is 1.11 bits per heavy atom. The Balaban J connectivity index is 1.48. The van der Waals surface area contributed by atoms with Crippen LogP contribution in [0.2, 0.25) is 0 Å². The molecule has 0 aromatic heterocycles. The normalized spacial score (nSPS) is 26.0. The summed E-state index contributed by atoms with van der Waals surface area (Å²) in [5, 5.41) is 5.87. The van der Waals surface area contributed by atoms with E-state index < -0.39 is 54.1 Å². The van der Waals surface area contributed by atoms with Crippen molar-refractivity contribution in [3.63, 3.8) is 0 Å². The van der Waals surface area contributed by atoms with Crippen LogP contribution in [0.15, 0.2) is 30.3 Å². The van der Waals surface area contributed by atoms with Crippen LogP contribution in [-0.4, -0.2) is 91.4 Å². The quantitative estimate of drug-likeness (QED) is 0.300. The molecule has 6 atom stereocenters. The van der Waals surface area contributed by atoms with Gasteiger partial charge in [-0.05, 0) is 37.3 Å². The molecule has 196 valence electrons. The number of rotatable bonds is 9. The summed E-state index contributed by atoms with van der Waals surface area (Å²) in [7, 11) is 7.12. The Morgan fingerprint density at radius 2 is 1.78 bits per heavy atom. The van der Waals surface area contributed by atoms with Gasteiger partial charge in [0.05, 0.1) is 19.1 Å². The lowest BCUT2D eigenvalue weighted by Gasteiger charge is -2.25. The molecule has 10 nitrogen and oxygen atoms in total. The summed E-state index contributed by atoms with van der Waals surface area (Å²) in [6.07, 6.45) is 0.611. The number of fused-ring (bicyclic) bond motifs is 1. The summed E-state index contributed by atoms with van der Waals surface area (Å²) >= 11 is 0. The predicted molar refractivity (Wildman–Crippen MR) is 133 cm³/mol. The van der Waals surface area contributed by atoms with Crippen molar-refractivity contribution in [1.29, 1.82) is 0 Å². The van der Waals surface area contributed by atoms with Crippen LogP contribution in [0, 0.1) is 11.8 Å². The number of nitrogens with one attached hydrogen (secondary N) is 3. The highest BCUT2D eigenvalue weighted by atomic mass is 31.0. The molecule has 1 aliphatic carbocycles. The van der Waals surface area contributed by atoms with E-state index in [4.69, 9.17) is 0 Å². The first-order valence-electron chi connectivity index (χ1n) is 11.7. The topological polar surface area (TPSA) is 128 Å². The second-order valence-electron chi connectivity index (χ2n) is 9.72. The molecular weight excluding hydrogens is 488 g/mol. The van der Waals surface area contributed by atoms with Crippen molar-refractivity contribution >= 4 is 38.7 Å². The molecule has 3 rings (SSSR count). The molecule has 0 bridgehead atoms. The Hall–Kier alpha value is -2.91. The molecule has 1 heterocycles. The lowest BCUT2D eigenvalue weighted by molar-refractivity contribution is -0.139. The summed E-state index contributed by atoms with van der Waals surface area (Å²) in [6, 6.07) is 7.11. The number of carbonyl (C=O) groups excluding carboxylic acids is 5. The minimum Gasteiger partial charge on any atom is -0.347 e. The van der Waals surface area contributed by atoms with Crippen molar-refractivity contribution in [1.82, 2.24) is 25.8 Å². The van der Waals surface area contributed by atoms with E-state index in [1.165, 1.54) is 4.90 Å². The number of benzene rings is 1. The van der Waals surface area contributed by atoms with Crippen LogP contribution in [0.3, 0.4) is 0 Å². The molecule has 1 saturated carbocycles. The molecule has 2 fully saturated rings. The standard InChI is InChI=1S/C24H33FN5O5P/c1-29(2)23(35)19(14-7-5-4-6-8-14)28-18(32)12-27-21(33)17(31)11-26-22(34)20-16-10-24(25,36)9-15(16)13-30(20)3/h4-8,15-16,19-20H,9-13,36H2,1-3H3,(H,26,34)(H,27,33)(H,28,32)/t15-,16-,19?,20?,24?/m0/s1. The molecule has 1 saturated heterocycles. The van der Waals surface area contributed by atoms with Crippen molar-refractivity contribution in [2.75, 3.05) is 40.8 Å². The third-order valence-electron chi connectivity index (χ3n) is 6.67. The zero-order chi connectivity index (χ0) is 26.6. The first kappa shape index (κ1) is 27.7. The molecule has 1 aliphatic heterocycles. The number of hydrogen-bond acceptors (Lipinski definition) is 6. The number of hydrogen-bond donors (Lipinski definition) is 3. The number of alkyl halides is 1. The molecular formula is C24H33FN5O5P. The van der Waals surface area contributed by atoms with E-state index in [1.807, 2.05) is 4.90 Å². The van der Waals surface area contributed by atoms with Gasteiger partial charge in [-0.3, -0.25) is 28.9 Å². The fourth-order valence-corrected chi connectivity index (χ4v) is 5.59. The Bertz CT molecular complexity index is 1020. The Kier molecular flexibility index (Phi) is 8.79. The van der Waals surface area contributed by atoms with Crippen LogP contribution in [0.25, 0.3) is 0 Å². The number of halogens is 1. The van der Waals surface area contributed by atoms with Gasteiger partial charge in [-0.15, -0.1) is 0 Å². The molecule has 12 heteroatoms. The maximum Gasteiger partial charge on any atom is 0.289 e. The molecule has 1 aromatic carbocycles. The lowest BCUT2D eigenvalue weighted by atomic mass is 9.93. The number of likely N-dealkylation sites (N-methyl/N-ethyl adjacent to an activating group) is 2. The van der Waals surface area contributed by atoms with Gasteiger partial charge in [0.2, 0.25) is 23.5 Å². The second-order valence-corrected chi connectivity index (χ2v) is 10.8. The molecule has 3 N–H and O–H groups in total. The van der Waals surface area contributed by atoms with Gasteiger partial charge in [0.1, 0.15) is 11.5 Å². The van der Waals surface area contributed by atoms with Crippen molar-refractivity contribution < 1.29 is 28.4 Å². The van der Waals surface area contributed by atoms with Gasteiger partial charge in [0, 0.05) is 20.6 Å². The van der Waals surface area contributed by atoms with Gasteiger partial charge in [-0.1, -0.05) is 39.6 Å². The summed E-state index contributed by atoms with van der Waals surface area (Å²) in [5.41, 5.74) is 0.572. The fourth-order valence-electron chi connectivity index (χ4n) is 5.02. The van der Waals surface area contributed by atoms with Crippen LogP contribution in [0.5, 0.6) is 0 Å². The van der Waals surface area contributed by atoms with Gasteiger partial charge >= 0.3 is 0 Å². The zero-order valence-corrected chi connectivity index (χ0v) is 21.8. The summed E-state index contributed by atoms with van der Waals surface area (Å²) in [6.45, 7) is -0.474. The second kappa shape index (κ2) is 11.4. The van der Waals surface area contributed by atoms with E-state index in [9.17, 15) is 28.4 Å². The first-order chi connectivity index (χ1) is 16.9. The fraction of sp³-hybridized carbons (Fsp3) is 0.542. The van der Waals surface area contributed by atoms with Gasteiger partial charge in [-0.25, -0.2) is 4.39 Å². The van der Waals surface area contributed by atoms with E-state index in [0.717, 1.165) is 0 Å². The van der Waals surface area contributed by atoms with Gasteiger partial charge in [-0.2, -0.15) is 0 Å². The minimum absolute atomic E-state index is 0.0600. The summed E-state index contributed by atoms with van der Waals surface area (Å²) in [5.74, 6) is -3.50. The number of amides is 4. The monoisotopic (exact) mass is 521 g/mol. The first-order valence-corrected chi connectivity index (χ1v) is 12.3. The van der Waals surface area contributed by atoms with E-state index in [2.05, 4.69) is 25.2 Å². The maximum absolute atomic E-state index is 14.4. The highest BCUT2D eigenvalue weighted by Crippen LogP contribution is 2.51. The predicted octanol–water partition coefficient (Wildman–Crippen LogP) is -0.385. The summed E-state index contributed by atoms with van der Waals surface area (Å²) < 4.78 is 14.4. The van der Waals surface area contributed by atoms with E-state index >= 15 is 0 Å². The average Bonchev–Trinajstić information content (AvgIpc) is 3.28. The number of carbonyl (C=O) groups is 5. The van der Waals surface area contributed by atoms with Crippen molar-refractivity contribution in [2.45, 2.75) is 30.3 Å². The Labute approximate surface area is 211 Å². The van der Waals surface area contributed by atoms with E-state index in [0.29, 0.717) is 18.5 Å². The van der Waals surface area contributed by atoms with Crippen molar-refractivity contribution in [3.05, 3.63) is 35.9 Å². The largest absolute Gasteiger partial charge is 0.347 e. The van der Waals surface area contributed by atoms with Crippen LogP contribution < -0.4 is 16.0 Å². The molecule has 4 unspecified atom stereocenters. The third-order valence-corrected chi connectivity index (χ3v) is 7.14. The van der Waals surface area contributed by atoms with Crippen LogP contribution in [0.1, 0.15) is 24.4 Å². The van der Waals surface area contributed by atoms with Gasteiger partial charge < -0.3 is 20.9 Å². The third kappa shape index (κ3) is 6.64. The van der Waals surface area contributed by atoms with E-state index in [1.54, 1.807) is 51.5 Å². The van der Waals surface area contributed by atoms with Gasteiger partial charge in [0.15, 0.2) is 0 Å². The average molecular weight is 522 g/mol. The van der Waals surface area contributed by atoms with Crippen molar-refractivity contribution in [3.8, 4) is 0 Å². The number of ketones is 1. The van der Waals surface area contributed by atoms with Crippen LogP contribution >= 0.6 is 9.24 Å². The SMILES string of the molecule is CN(C)C(=O)C(NC(=O)CNC(=O)C(=O)CNC(=O)C1[C@H]2CC(F)(P)C[C@H]2CN1C)c1ccccc1. The molecule has 36 heavy (non-hydrogen) atoms. The molecule has 2 aliphatic rings.